The quantitative estimate of drug-likeness (QED) is 0.888. The molecular weight excluding hydrogens is 307 g/mol. The molecule has 0 spiro atoms. The highest BCUT2D eigenvalue weighted by Gasteiger charge is 2.07. The van der Waals surface area contributed by atoms with Crippen molar-refractivity contribution in [2.45, 2.75) is 19.5 Å². The molecule has 0 unspecified atom stereocenters. The molecule has 0 aliphatic rings. The number of halogens is 2. The molecule has 3 N–H and O–H groups in total. The Balaban J connectivity index is 0.00000256. The molecule has 0 aliphatic carbocycles. The maximum absolute atomic E-state index is 11.3. The number of hydrogen-bond donors (Lipinski definition) is 2. The fraction of sp³-hybridized carbons (Fsp3) is 0.364. The maximum atomic E-state index is 11.3. The van der Waals surface area contributed by atoms with Gasteiger partial charge in [-0.1, -0.05) is 6.07 Å². The predicted molar refractivity (Wildman–Crippen MR) is 73.4 cm³/mol. The molecule has 0 heterocycles. The van der Waals surface area contributed by atoms with E-state index in [2.05, 4.69) is 21.2 Å². The van der Waals surface area contributed by atoms with Crippen LogP contribution in [0.5, 0.6) is 5.75 Å². The Morgan fingerprint density at radius 2 is 2.24 bits per heavy atom. The molecule has 0 fully saturated rings. The van der Waals surface area contributed by atoms with Crippen LogP contribution in [0, 0.1) is 0 Å². The average Bonchev–Trinajstić information content (AvgIpc) is 2.25. The standard InChI is InChI=1S/C11H15BrN2O2.ClH/c1-7(13)11(15)14-6-8-3-4-10(16-2)9(12)5-8;/h3-5,7H,6,13H2,1-2H3,(H,14,15);1H/t7-;/m1./s1. The molecule has 1 rings (SSSR count). The largest absolute Gasteiger partial charge is 0.496 e. The molecule has 0 bridgehead atoms. The van der Waals surface area contributed by atoms with E-state index in [1.807, 2.05) is 18.2 Å². The number of amides is 1. The van der Waals surface area contributed by atoms with Gasteiger partial charge >= 0.3 is 0 Å². The van der Waals surface area contributed by atoms with E-state index in [1.165, 1.54) is 0 Å². The number of ether oxygens (including phenoxy) is 1. The minimum atomic E-state index is -0.485. The second-order valence-corrected chi connectivity index (χ2v) is 4.33. The number of rotatable bonds is 4. The molecule has 0 radical (unpaired) electrons. The molecule has 1 amide bonds. The highest BCUT2D eigenvalue weighted by molar-refractivity contribution is 9.10. The molecule has 6 heteroatoms. The lowest BCUT2D eigenvalue weighted by atomic mass is 10.2. The van der Waals surface area contributed by atoms with Gasteiger partial charge in [-0.15, -0.1) is 12.4 Å². The van der Waals surface area contributed by atoms with E-state index in [4.69, 9.17) is 10.5 Å². The number of hydrogen-bond acceptors (Lipinski definition) is 3. The lowest BCUT2D eigenvalue weighted by Gasteiger charge is -2.09. The van der Waals surface area contributed by atoms with Crippen molar-refractivity contribution in [1.29, 1.82) is 0 Å². The van der Waals surface area contributed by atoms with Gasteiger partial charge in [-0.25, -0.2) is 0 Å². The van der Waals surface area contributed by atoms with Crippen molar-refractivity contribution in [1.82, 2.24) is 5.32 Å². The van der Waals surface area contributed by atoms with Crippen LogP contribution in [-0.2, 0) is 11.3 Å². The molecule has 1 atom stereocenters. The lowest BCUT2D eigenvalue weighted by molar-refractivity contribution is -0.122. The highest BCUT2D eigenvalue weighted by atomic mass is 79.9. The molecule has 0 aromatic heterocycles. The molecule has 0 saturated carbocycles. The van der Waals surface area contributed by atoms with Gasteiger partial charge in [0.25, 0.3) is 0 Å². The van der Waals surface area contributed by atoms with Crippen LogP contribution < -0.4 is 15.8 Å². The minimum absolute atomic E-state index is 0. The van der Waals surface area contributed by atoms with Crippen LogP contribution >= 0.6 is 28.3 Å². The van der Waals surface area contributed by atoms with E-state index < -0.39 is 6.04 Å². The van der Waals surface area contributed by atoms with Gasteiger partial charge in [0.15, 0.2) is 0 Å². The van der Waals surface area contributed by atoms with Crippen molar-refractivity contribution in [3.05, 3.63) is 28.2 Å². The van der Waals surface area contributed by atoms with Crippen molar-refractivity contribution < 1.29 is 9.53 Å². The molecule has 4 nitrogen and oxygen atoms in total. The summed E-state index contributed by atoms with van der Waals surface area (Å²) < 4.78 is 5.97. The van der Waals surface area contributed by atoms with Gasteiger partial charge < -0.3 is 15.8 Å². The van der Waals surface area contributed by atoms with Gasteiger partial charge in [-0.3, -0.25) is 4.79 Å². The molecule has 0 saturated heterocycles. The van der Waals surface area contributed by atoms with Gasteiger partial charge in [0.1, 0.15) is 5.75 Å². The Kier molecular flexibility index (Phi) is 7.18. The summed E-state index contributed by atoms with van der Waals surface area (Å²) in [6.07, 6.45) is 0. The second kappa shape index (κ2) is 7.53. The zero-order chi connectivity index (χ0) is 12.1. The van der Waals surface area contributed by atoms with E-state index in [-0.39, 0.29) is 18.3 Å². The first-order valence-corrected chi connectivity index (χ1v) is 5.69. The van der Waals surface area contributed by atoms with E-state index in [0.717, 1.165) is 15.8 Å². The summed E-state index contributed by atoms with van der Waals surface area (Å²) in [6.45, 7) is 2.11. The summed E-state index contributed by atoms with van der Waals surface area (Å²) in [4.78, 5) is 11.3. The van der Waals surface area contributed by atoms with Gasteiger partial charge in [0.2, 0.25) is 5.91 Å². The summed E-state index contributed by atoms with van der Waals surface area (Å²) in [5.41, 5.74) is 6.42. The summed E-state index contributed by atoms with van der Waals surface area (Å²) in [6, 6.07) is 5.16. The summed E-state index contributed by atoms with van der Waals surface area (Å²) in [5.74, 6) is 0.606. The smallest absolute Gasteiger partial charge is 0.236 e. The van der Waals surface area contributed by atoms with Crippen molar-refractivity contribution in [2.24, 2.45) is 5.73 Å². The number of nitrogens with two attached hydrogens (primary N) is 1. The van der Waals surface area contributed by atoms with Crippen LogP contribution in [0.3, 0.4) is 0 Å². The van der Waals surface area contributed by atoms with E-state index in [0.29, 0.717) is 6.54 Å². The summed E-state index contributed by atoms with van der Waals surface area (Å²) in [7, 11) is 1.61. The zero-order valence-electron chi connectivity index (χ0n) is 9.70. The number of carbonyl (C=O) groups excluding carboxylic acids is 1. The first kappa shape index (κ1) is 16.2. The van der Waals surface area contributed by atoms with Crippen molar-refractivity contribution >= 4 is 34.2 Å². The Morgan fingerprint density at radius 1 is 1.59 bits per heavy atom. The Hall–Kier alpha value is -0.780. The number of carbonyl (C=O) groups is 1. The van der Waals surface area contributed by atoms with E-state index in [9.17, 15) is 4.79 Å². The molecular formula is C11H16BrClN2O2. The molecule has 1 aromatic carbocycles. The Labute approximate surface area is 115 Å². The van der Waals surface area contributed by atoms with Gasteiger partial charge in [-0.2, -0.15) is 0 Å². The second-order valence-electron chi connectivity index (χ2n) is 3.48. The van der Waals surface area contributed by atoms with E-state index in [1.54, 1.807) is 14.0 Å². The minimum Gasteiger partial charge on any atom is -0.496 e. The van der Waals surface area contributed by atoms with Gasteiger partial charge in [0.05, 0.1) is 17.6 Å². The average molecular weight is 324 g/mol. The Bertz CT molecular complexity index is 386. The summed E-state index contributed by atoms with van der Waals surface area (Å²) in [5, 5.41) is 2.74. The number of methoxy groups -OCH3 is 1. The predicted octanol–water partition coefficient (Wildman–Crippen LogP) is 1.84. The fourth-order valence-electron chi connectivity index (χ4n) is 1.17. The van der Waals surface area contributed by atoms with Gasteiger partial charge in [-0.05, 0) is 40.5 Å². The van der Waals surface area contributed by atoms with Crippen LogP contribution in [0.2, 0.25) is 0 Å². The third-order valence-corrected chi connectivity index (χ3v) is 2.72. The van der Waals surface area contributed by atoms with Crippen molar-refractivity contribution in [2.75, 3.05) is 7.11 Å². The van der Waals surface area contributed by atoms with Crippen LogP contribution in [0.15, 0.2) is 22.7 Å². The van der Waals surface area contributed by atoms with Crippen LogP contribution in [-0.4, -0.2) is 19.1 Å². The normalized spacial score (nSPS) is 11.3. The SMILES string of the molecule is COc1ccc(CNC(=O)[C@@H](C)N)cc1Br.Cl. The number of benzene rings is 1. The topological polar surface area (TPSA) is 64.3 Å². The summed E-state index contributed by atoms with van der Waals surface area (Å²) >= 11 is 3.38. The molecule has 0 aliphatic heterocycles. The third kappa shape index (κ3) is 4.93. The number of nitrogens with one attached hydrogen (secondary N) is 1. The first-order chi connectivity index (χ1) is 7.54. The maximum Gasteiger partial charge on any atom is 0.236 e. The van der Waals surface area contributed by atoms with Crippen LogP contribution in [0.1, 0.15) is 12.5 Å². The van der Waals surface area contributed by atoms with Crippen molar-refractivity contribution in [3.8, 4) is 5.75 Å². The van der Waals surface area contributed by atoms with Crippen LogP contribution in [0.4, 0.5) is 0 Å². The molecule has 17 heavy (non-hydrogen) atoms. The first-order valence-electron chi connectivity index (χ1n) is 4.90. The Morgan fingerprint density at radius 3 is 2.71 bits per heavy atom. The fourth-order valence-corrected chi connectivity index (χ4v) is 1.76. The van der Waals surface area contributed by atoms with E-state index >= 15 is 0 Å². The third-order valence-electron chi connectivity index (χ3n) is 2.10. The van der Waals surface area contributed by atoms with Crippen molar-refractivity contribution in [3.63, 3.8) is 0 Å². The van der Waals surface area contributed by atoms with Crippen LogP contribution in [0.25, 0.3) is 0 Å². The highest BCUT2D eigenvalue weighted by Crippen LogP contribution is 2.25. The lowest BCUT2D eigenvalue weighted by Crippen LogP contribution is -2.37. The van der Waals surface area contributed by atoms with Gasteiger partial charge in [0, 0.05) is 6.54 Å². The molecule has 1 aromatic rings. The monoisotopic (exact) mass is 322 g/mol. The zero-order valence-corrected chi connectivity index (χ0v) is 12.1. The molecule has 96 valence electrons.